The molecule has 4 heteroatoms. The lowest BCUT2D eigenvalue weighted by Crippen LogP contribution is -2.19. The highest BCUT2D eigenvalue weighted by Gasteiger charge is 2.16. The van der Waals surface area contributed by atoms with Crippen molar-refractivity contribution in [2.24, 2.45) is 10.9 Å². The van der Waals surface area contributed by atoms with Crippen LogP contribution in [-0.4, -0.2) is 17.8 Å². The molecule has 0 amide bonds. The summed E-state index contributed by atoms with van der Waals surface area (Å²) in [5.41, 5.74) is 5.24. The Bertz CT molecular complexity index is 115. The Balaban J connectivity index is 2.32. The van der Waals surface area contributed by atoms with Crippen molar-refractivity contribution in [3.63, 3.8) is 0 Å². The molecule has 1 heterocycles. The minimum absolute atomic E-state index is 0.0162. The van der Waals surface area contributed by atoms with E-state index in [-0.39, 0.29) is 6.10 Å². The van der Waals surface area contributed by atoms with Crippen LogP contribution < -0.4 is 5.73 Å². The van der Waals surface area contributed by atoms with Crippen LogP contribution in [-0.2, 0) is 4.84 Å². The van der Waals surface area contributed by atoms with Crippen molar-refractivity contribution in [2.45, 2.75) is 12.5 Å². The molecule has 0 aromatic rings. The molecule has 0 fully saturated rings. The van der Waals surface area contributed by atoms with Gasteiger partial charge in [-0.25, -0.2) is 0 Å². The summed E-state index contributed by atoms with van der Waals surface area (Å²) in [5, 5.41) is 4.00. The predicted octanol–water partition coefficient (Wildman–Crippen LogP) is 0.286. The topological polar surface area (TPSA) is 47.6 Å². The van der Waals surface area contributed by atoms with E-state index in [1.165, 1.54) is 0 Å². The van der Waals surface area contributed by atoms with Gasteiger partial charge >= 0.3 is 0 Å². The molecule has 1 aliphatic rings. The van der Waals surface area contributed by atoms with Gasteiger partial charge in [0.25, 0.3) is 0 Å². The average molecular weight is 135 g/mol. The largest absolute Gasteiger partial charge is 0.390 e. The number of oxime groups is 1. The van der Waals surface area contributed by atoms with Gasteiger partial charge in [0.05, 0.1) is 0 Å². The molecule has 46 valence electrons. The fraction of sp³-hybridized carbons (Fsp3) is 0.750. The first-order chi connectivity index (χ1) is 3.83. The van der Waals surface area contributed by atoms with Crippen molar-refractivity contribution in [1.82, 2.24) is 0 Å². The van der Waals surface area contributed by atoms with E-state index in [0.717, 1.165) is 0 Å². The summed E-state index contributed by atoms with van der Waals surface area (Å²) in [7, 11) is 0. The van der Waals surface area contributed by atoms with E-state index in [2.05, 4.69) is 5.16 Å². The number of halogens is 1. The summed E-state index contributed by atoms with van der Waals surface area (Å²) >= 11 is 5.46. The van der Waals surface area contributed by atoms with Crippen LogP contribution in [0.15, 0.2) is 5.16 Å². The molecule has 0 aromatic carbocycles. The Morgan fingerprint density at radius 2 is 2.75 bits per heavy atom. The maximum absolute atomic E-state index is 5.46. The van der Waals surface area contributed by atoms with E-state index >= 15 is 0 Å². The van der Waals surface area contributed by atoms with Gasteiger partial charge in [-0.1, -0.05) is 16.8 Å². The minimum Gasteiger partial charge on any atom is -0.390 e. The second-order valence-corrected chi connectivity index (χ2v) is 2.07. The summed E-state index contributed by atoms with van der Waals surface area (Å²) in [5.74, 6) is 0. The first-order valence-corrected chi connectivity index (χ1v) is 2.79. The van der Waals surface area contributed by atoms with Crippen LogP contribution in [0.25, 0.3) is 0 Å². The molecule has 0 saturated carbocycles. The summed E-state index contributed by atoms with van der Waals surface area (Å²) < 4.78 is 0. The third-order valence-electron chi connectivity index (χ3n) is 0.960. The van der Waals surface area contributed by atoms with E-state index in [9.17, 15) is 0 Å². The minimum atomic E-state index is 0.0162. The van der Waals surface area contributed by atoms with Crippen LogP contribution in [0.5, 0.6) is 0 Å². The van der Waals surface area contributed by atoms with Crippen molar-refractivity contribution in [1.29, 1.82) is 0 Å². The number of hydrogen-bond donors (Lipinski definition) is 1. The molecule has 8 heavy (non-hydrogen) atoms. The smallest absolute Gasteiger partial charge is 0.149 e. The van der Waals surface area contributed by atoms with Crippen LogP contribution in [0, 0.1) is 0 Å². The second kappa shape index (κ2) is 2.33. The monoisotopic (exact) mass is 134 g/mol. The van der Waals surface area contributed by atoms with Crippen molar-refractivity contribution >= 4 is 16.8 Å². The molecule has 3 nitrogen and oxygen atoms in total. The van der Waals surface area contributed by atoms with Gasteiger partial charge < -0.3 is 10.6 Å². The SMILES string of the molecule is NCC1CC(Cl)=NO1. The van der Waals surface area contributed by atoms with Gasteiger partial charge in [0, 0.05) is 13.0 Å². The Morgan fingerprint density at radius 1 is 2.00 bits per heavy atom. The highest BCUT2D eigenvalue weighted by atomic mass is 35.5. The average Bonchev–Trinajstić information content (AvgIpc) is 2.14. The van der Waals surface area contributed by atoms with Gasteiger partial charge in [0.15, 0.2) is 0 Å². The molecule has 1 atom stereocenters. The lowest BCUT2D eigenvalue weighted by atomic mass is 10.3. The zero-order valence-electron chi connectivity index (χ0n) is 4.30. The third kappa shape index (κ3) is 1.11. The number of rotatable bonds is 1. The van der Waals surface area contributed by atoms with Crippen LogP contribution in [0.4, 0.5) is 0 Å². The normalized spacial score (nSPS) is 27.2. The molecule has 0 saturated heterocycles. The lowest BCUT2D eigenvalue weighted by Gasteiger charge is -1.99. The highest BCUT2D eigenvalue weighted by molar-refractivity contribution is 6.65. The van der Waals surface area contributed by atoms with Crippen LogP contribution in [0.1, 0.15) is 6.42 Å². The maximum atomic E-state index is 5.46. The van der Waals surface area contributed by atoms with Crippen molar-refractivity contribution in [3.05, 3.63) is 0 Å². The fourth-order valence-electron chi connectivity index (χ4n) is 0.520. The molecule has 1 aliphatic heterocycles. The molecular weight excluding hydrogens is 128 g/mol. The standard InChI is InChI=1S/C4H7ClN2O/c5-4-1-3(2-6)8-7-4/h3H,1-2,6H2. The van der Waals surface area contributed by atoms with Crippen LogP contribution in [0.2, 0.25) is 0 Å². The van der Waals surface area contributed by atoms with Crippen LogP contribution in [0.3, 0.4) is 0 Å². The number of hydrogen-bond acceptors (Lipinski definition) is 3. The van der Waals surface area contributed by atoms with E-state index in [1.54, 1.807) is 0 Å². The van der Waals surface area contributed by atoms with E-state index in [4.69, 9.17) is 22.2 Å². The second-order valence-electron chi connectivity index (χ2n) is 1.63. The van der Waals surface area contributed by atoms with Gasteiger partial charge in [0.1, 0.15) is 11.3 Å². The number of nitrogens with zero attached hydrogens (tertiary/aromatic N) is 1. The molecule has 1 unspecified atom stereocenters. The molecule has 0 bridgehead atoms. The quantitative estimate of drug-likeness (QED) is 0.560. The van der Waals surface area contributed by atoms with Crippen LogP contribution >= 0.6 is 11.6 Å². The molecule has 2 N–H and O–H groups in total. The number of nitrogens with two attached hydrogens (primary N) is 1. The van der Waals surface area contributed by atoms with Crippen molar-refractivity contribution in [2.75, 3.05) is 6.54 Å². The summed E-state index contributed by atoms with van der Waals surface area (Å²) in [6.45, 7) is 0.486. The van der Waals surface area contributed by atoms with Gasteiger partial charge in [-0.05, 0) is 0 Å². The highest BCUT2D eigenvalue weighted by Crippen LogP contribution is 2.10. The van der Waals surface area contributed by atoms with Crippen molar-refractivity contribution in [3.8, 4) is 0 Å². The molecule has 0 aliphatic carbocycles. The summed E-state index contributed by atoms with van der Waals surface area (Å²) in [6, 6.07) is 0. The van der Waals surface area contributed by atoms with Gasteiger partial charge in [0.2, 0.25) is 0 Å². The first-order valence-electron chi connectivity index (χ1n) is 2.41. The Labute approximate surface area is 52.4 Å². The predicted molar refractivity (Wildman–Crippen MR) is 31.8 cm³/mol. The van der Waals surface area contributed by atoms with Crippen molar-refractivity contribution < 1.29 is 4.84 Å². The van der Waals surface area contributed by atoms with E-state index in [0.29, 0.717) is 18.1 Å². The zero-order chi connectivity index (χ0) is 5.98. The molecule has 1 rings (SSSR count). The van der Waals surface area contributed by atoms with E-state index in [1.807, 2.05) is 0 Å². The van der Waals surface area contributed by atoms with E-state index < -0.39 is 0 Å². The molecular formula is C4H7ClN2O. The summed E-state index contributed by atoms with van der Waals surface area (Å²) in [4.78, 5) is 4.75. The first kappa shape index (κ1) is 5.85. The Kier molecular flexibility index (Phi) is 1.70. The fourth-order valence-corrected chi connectivity index (χ4v) is 0.732. The van der Waals surface area contributed by atoms with Gasteiger partial charge in [-0.15, -0.1) is 0 Å². The Morgan fingerprint density at radius 3 is 3.00 bits per heavy atom. The third-order valence-corrected chi connectivity index (χ3v) is 1.18. The molecule has 0 radical (unpaired) electrons. The molecule has 0 spiro atoms. The maximum Gasteiger partial charge on any atom is 0.149 e. The summed E-state index contributed by atoms with van der Waals surface area (Å²) in [6.07, 6.45) is 0.681. The molecule has 0 aromatic heterocycles. The Hall–Kier alpha value is -0.280. The lowest BCUT2D eigenvalue weighted by molar-refractivity contribution is 0.0919. The zero-order valence-corrected chi connectivity index (χ0v) is 5.06. The van der Waals surface area contributed by atoms with Gasteiger partial charge in [-0.3, -0.25) is 0 Å². The van der Waals surface area contributed by atoms with Gasteiger partial charge in [-0.2, -0.15) is 0 Å².